The van der Waals surface area contributed by atoms with Crippen molar-refractivity contribution >= 4 is 118 Å². The fourth-order valence-electron chi connectivity index (χ4n) is 0. The van der Waals surface area contributed by atoms with Gasteiger partial charge < -0.3 is 0 Å². The Morgan fingerprint density at radius 3 is 0.625 bits per heavy atom. The molecule has 0 aromatic carbocycles. The molecule has 0 aromatic heterocycles. The summed E-state index contributed by atoms with van der Waals surface area (Å²) in [6, 6.07) is 0. The first-order valence-corrected chi connectivity index (χ1v) is 10.2. The fraction of sp³-hybridized carbons (Fsp3) is 0. The van der Waals surface area contributed by atoms with Crippen LogP contribution in [-0.4, -0.2) is 51.4 Å². The molecule has 0 radical (unpaired) electrons. The van der Waals surface area contributed by atoms with Gasteiger partial charge in [0.1, 0.15) is 0 Å². The van der Waals surface area contributed by atoms with Gasteiger partial charge in [-0.25, -0.2) is 0 Å². The topological polar surface area (TPSA) is 0 Å². The van der Waals surface area contributed by atoms with E-state index in [1.54, 1.807) is 0 Å². The van der Waals surface area contributed by atoms with Crippen LogP contribution in [0.2, 0.25) is 0 Å². The maximum Gasteiger partial charge on any atom is 2.00 e. The summed E-state index contributed by atoms with van der Waals surface area (Å²) in [7, 11) is 0. The molecule has 0 unspecified atom stereocenters. The molecule has 0 rings (SSSR count). The molecule has 0 saturated heterocycles. The van der Waals surface area contributed by atoms with Gasteiger partial charge in [-0.1, -0.05) is 0 Å². The van der Waals surface area contributed by atoms with E-state index in [1.165, 1.54) is 0 Å². The molecular weight excluding hydrogens is 378 g/mol. The molecule has 0 aliphatic carbocycles. The average Bonchev–Trinajstić information content (AvgIpc) is 0.592. The van der Waals surface area contributed by atoms with Crippen LogP contribution in [0.1, 0.15) is 0 Å². The first-order chi connectivity index (χ1) is 2.45. The zero-order chi connectivity index (χ0) is 6.41. The summed E-state index contributed by atoms with van der Waals surface area (Å²) >= 11 is 30.1. The summed E-state index contributed by atoms with van der Waals surface area (Å²) < 4.78 is -5.01. The van der Waals surface area contributed by atoms with Crippen molar-refractivity contribution in [2.24, 2.45) is 0 Å². The van der Waals surface area contributed by atoms with Crippen LogP contribution in [0.25, 0.3) is 0 Å². The molecule has 8 heavy (non-hydrogen) atoms. The van der Waals surface area contributed by atoms with Crippen LogP contribution in [0.15, 0.2) is 0 Å². The molecule has 0 aromatic rings. The molecule has 0 fully saturated rings. The van der Waals surface area contributed by atoms with E-state index in [4.69, 9.17) is 66.5 Å². The van der Waals surface area contributed by atoms with E-state index < -0.39 is 2.49 Å². The van der Waals surface area contributed by atoms with Crippen molar-refractivity contribution in [2.45, 2.75) is 0 Å². The molecule has 0 aliphatic rings. The second-order valence-electron chi connectivity index (χ2n) is 1.07. The van der Waals surface area contributed by atoms with E-state index in [-0.39, 0.29) is 48.9 Å². The van der Waals surface area contributed by atoms with Crippen LogP contribution < -0.4 is 0 Å². The standard InChI is InChI=1S/Ba.Cl6Si/c;1-7(2,3,4,5)6/q+2;-2. The van der Waals surface area contributed by atoms with Crippen LogP contribution in [-0.2, 0) is 0 Å². The minimum Gasteiger partial charge on any atom is 2.00 e. The van der Waals surface area contributed by atoms with Gasteiger partial charge >= 0.3 is 118 Å². The molecule has 0 aliphatic heterocycles. The van der Waals surface area contributed by atoms with Crippen molar-refractivity contribution in [3.8, 4) is 0 Å². The number of hydrogen-bond donors (Lipinski definition) is 0. The Balaban J connectivity index is 0. The monoisotopic (exact) mass is 376 g/mol. The van der Waals surface area contributed by atoms with Crippen LogP contribution in [0.4, 0.5) is 0 Å². The van der Waals surface area contributed by atoms with Gasteiger partial charge in [-0.15, -0.1) is 0 Å². The summed E-state index contributed by atoms with van der Waals surface area (Å²) in [5.41, 5.74) is 0. The summed E-state index contributed by atoms with van der Waals surface area (Å²) in [4.78, 5) is 0. The third-order valence-corrected chi connectivity index (χ3v) is 0. The Morgan fingerprint density at radius 2 is 0.625 bits per heavy atom. The predicted octanol–water partition coefficient (Wildman–Crippen LogP) is 3.38. The van der Waals surface area contributed by atoms with Crippen molar-refractivity contribution in [1.29, 1.82) is 0 Å². The number of halogens is 6. The summed E-state index contributed by atoms with van der Waals surface area (Å²) in [5, 5.41) is 0. The van der Waals surface area contributed by atoms with E-state index in [1.807, 2.05) is 0 Å². The quantitative estimate of drug-likeness (QED) is 0.448. The largest absolute Gasteiger partial charge is 2.00 e. The first kappa shape index (κ1) is 14.1. The van der Waals surface area contributed by atoms with Gasteiger partial charge in [0, 0.05) is 0 Å². The van der Waals surface area contributed by atoms with Crippen molar-refractivity contribution in [3.63, 3.8) is 0 Å². The summed E-state index contributed by atoms with van der Waals surface area (Å²) in [6.45, 7) is 0. The smallest absolute Gasteiger partial charge is 2.00 e. The molecule has 48 valence electrons. The number of rotatable bonds is 0. The van der Waals surface area contributed by atoms with Gasteiger partial charge in [-0.05, 0) is 0 Å². The Morgan fingerprint density at radius 1 is 0.625 bits per heavy atom. The zero-order valence-electron chi connectivity index (χ0n) is 3.47. The van der Waals surface area contributed by atoms with Gasteiger partial charge in [0.15, 0.2) is 0 Å². The maximum atomic E-state index is 5.02. The van der Waals surface area contributed by atoms with Crippen molar-refractivity contribution in [3.05, 3.63) is 0 Å². The van der Waals surface area contributed by atoms with Gasteiger partial charge in [0.2, 0.25) is 0 Å². The Labute approximate surface area is 115 Å². The van der Waals surface area contributed by atoms with Crippen LogP contribution >= 0.6 is 66.5 Å². The Bertz CT molecular complexity index is 67.1. The van der Waals surface area contributed by atoms with Gasteiger partial charge in [-0.3, -0.25) is 0 Å². The minimum absolute atomic E-state index is 0. The molecule has 0 atom stereocenters. The predicted molar refractivity (Wildman–Crippen MR) is 46.6 cm³/mol. The third kappa shape index (κ3) is 55.7. The molecule has 0 nitrogen and oxygen atoms in total. The van der Waals surface area contributed by atoms with E-state index in [0.717, 1.165) is 0 Å². The molecular formula is BaCl6Si. The molecule has 0 heterocycles. The second-order valence-corrected chi connectivity index (χ2v) is 28.9. The van der Waals surface area contributed by atoms with Gasteiger partial charge in [0.25, 0.3) is 0 Å². The Hall–Kier alpha value is 3.53. The molecule has 8 heteroatoms. The molecule has 0 N–H and O–H groups in total. The maximum absolute atomic E-state index is 5.02. The average molecular weight is 378 g/mol. The van der Waals surface area contributed by atoms with E-state index >= 15 is 0 Å². The Kier molecular flexibility index (Phi) is 4.90. The second kappa shape index (κ2) is 2.78. The van der Waals surface area contributed by atoms with Gasteiger partial charge in [-0.2, -0.15) is 0 Å². The van der Waals surface area contributed by atoms with E-state index in [0.29, 0.717) is 0 Å². The normalized spacial score (nSPS) is 20.2. The summed E-state index contributed by atoms with van der Waals surface area (Å²) in [6.07, 6.45) is 0. The molecule has 0 bridgehead atoms. The minimum atomic E-state index is -5.01. The van der Waals surface area contributed by atoms with Gasteiger partial charge in [0.05, 0.1) is 0 Å². The van der Waals surface area contributed by atoms with Crippen molar-refractivity contribution in [2.75, 3.05) is 0 Å². The van der Waals surface area contributed by atoms with Crippen LogP contribution in [0, 0.1) is 0 Å². The van der Waals surface area contributed by atoms with Crippen LogP contribution in [0.5, 0.6) is 0 Å². The molecule has 0 amide bonds. The van der Waals surface area contributed by atoms with E-state index in [2.05, 4.69) is 0 Å². The fourth-order valence-corrected chi connectivity index (χ4v) is 0. The third-order valence-electron chi connectivity index (χ3n) is 0. The number of hydrogen-bond acceptors (Lipinski definition) is 0. The molecule has 0 saturated carbocycles. The molecule has 0 spiro atoms. The first-order valence-electron chi connectivity index (χ1n) is 1.13. The van der Waals surface area contributed by atoms with Crippen molar-refractivity contribution < 1.29 is 0 Å². The van der Waals surface area contributed by atoms with E-state index in [9.17, 15) is 0 Å². The van der Waals surface area contributed by atoms with Crippen LogP contribution in [0.3, 0.4) is 0 Å². The zero-order valence-corrected chi connectivity index (χ0v) is 13.5. The van der Waals surface area contributed by atoms with Crippen molar-refractivity contribution in [1.82, 2.24) is 0 Å². The summed E-state index contributed by atoms with van der Waals surface area (Å²) in [5.74, 6) is 0. The SMILES string of the molecule is Cl[Si-2](Cl)(Cl)(Cl)(Cl)Cl.[Ba+2].